The molecule has 1 atom stereocenters. The lowest BCUT2D eigenvalue weighted by Gasteiger charge is -2.19. The van der Waals surface area contributed by atoms with Gasteiger partial charge < -0.3 is 15.7 Å². The lowest BCUT2D eigenvalue weighted by molar-refractivity contribution is 0.0839. The Morgan fingerprint density at radius 2 is 2.28 bits per heavy atom. The summed E-state index contributed by atoms with van der Waals surface area (Å²) in [6, 6.07) is 0. The Labute approximate surface area is 111 Å². The molecule has 18 heavy (non-hydrogen) atoms. The first-order chi connectivity index (χ1) is 8.27. The summed E-state index contributed by atoms with van der Waals surface area (Å²) in [5, 5.41) is 10.5. The van der Waals surface area contributed by atoms with Gasteiger partial charge in [-0.15, -0.1) is 0 Å². The Hall–Kier alpha value is -0.860. The van der Waals surface area contributed by atoms with Crippen LogP contribution in [0.4, 0.5) is 10.8 Å². The summed E-state index contributed by atoms with van der Waals surface area (Å²) < 4.78 is 28.0. The van der Waals surface area contributed by atoms with Gasteiger partial charge in [-0.2, -0.15) is 4.37 Å². The van der Waals surface area contributed by atoms with Gasteiger partial charge in [0.05, 0.1) is 11.4 Å². The van der Waals surface area contributed by atoms with Crippen molar-refractivity contribution in [2.24, 2.45) is 0 Å². The summed E-state index contributed by atoms with van der Waals surface area (Å²) in [6.45, 7) is 4.34. The molecule has 102 valence electrons. The SMILES string of the molecule is CCS(=O)(=O)c1c(N)nsc1N1CCC(C)(O)C1. The highest BCUT2D eigenvalue weighted by Gasteiger charge is 2.36. The number of aliphatic hydroxyl groups is 1. The standard InChI is InChI=1S/C10H17N3O3S2/c1-3-18(15,16)7-8(11)12-17-9(7)13-5-4-10(2,14)6-13/h14H,3-6H2,1-2H3,(H2,11,12). The number of anilines is 2. The molecule has 8 heteroatoms. The highest BCUT2D eigenvalue weighted by Crippen LogP contribution is 2.38. The molecule has 0 saturated carbocycles. The minimum atomic E-state index is -3.39. The average Bonchev–Trinajstić information content (AvgIpc) is 2.82. The summed E-state index contributed by atoms with van der Waals surface area (Å²) in [5.74, 6) is 0.0516. The molecule has 1 aromatic rings. The molecule has 2 heterocycles. The second-order valence-electron chi connectivity index (χ2n) is 4.77. The van der Waals surface area contributed by atoms with E-state index in [1.807, 2.05) is 4.90 Å². The summed E-state index contributed by atoms with van der Waals surface area (Å²) in [4.78, 5) is 1.96. The first kappa shape index (κ1) is 13.6. The minimum Gasteiger partial charge on any atom is -0.388 e. The second kappa shape index (κ2) is 4.36. The van der Waals surface area contributed by atoms with Gasteiger partial charge in [0, 0.05) is 13.1 Å². The summed E-state index contributed by atoms with van der Waals surface area (Å²) in [5.41, 5.74) is 4.88. The van der Waals surface area contributed by atoms with Gasteiger partial charge in [-0.25, -0.2) is 8.42 Å². The van der Waals surface area contributed by atoms with Gasteiger partial charge in [-0.3, -0.25) is 0 Å². The second-order valence-corrected chi connectivity index (χ2v) is 7.74. The number of nitrogen functional groups attached to an aromatic ring is 1. The maximum Gasteiger partial charge on any atom is 0.184 e. The van der Waals surface area contributed by atoms with Crippen molar-refractivity contribution < 1.29 is 13.5 Å². The number of hydrogen-bond donors (Lipinski definition) is 2. The van der Waals surface area contributed by atoms with Gasteiger partial charge >= 0.3 is 0 Å². The van der Waals surface area contributed by atoms with Gasteiger partial charge in [0.2, 0.25) is 0 Å². The van der Waals surface area contributed by atoms with Crippen LogP contribution in [0.2, 0.25) is 0 Å². The van der Waals surface area contributed by atoms with E-state index in [4.69, 9.17) is 5.73 Å². The monoisotopic (exact) mass is 291 g/mol. The van der Waals surface area contributed by atoms with Crippen molar-refractivity contribution in [1.29, 1.82) is 0 Å². The zero-order valence-corrected chi connectivity index (χ0v) is 12.0. The first-order valence-electron chi connectivity index (χ1n) is 5.72. The van der Waals surface area contributed by atoms with Gasteiger partial charge in [0.1, 0.15) is 9.90 Å². The number of nitrogens with zero attached hydrogens (tertiary/aromatic N) is 2. The van der Waals surface area contributed by atoms with Crippen LogP contribution in [0.25, 0.3) is 0 Å². The molecular formula is C10H17N3O3S2. The molecule has 1 saturated heterocycles. The van der Waals surface area contributed by atoms with Crippen LogP contribution >= 0.6 is 11.5 Å². The molecular weight excluding hydrogens is 274 g/mol. The lowest BCUT2D eigenvalue weighted by atomic mass is 10.1. The molecule has 1 aliphatic rings. The minimum absolute atomic E-state index is 0.00710. The molecule has 2 rings (SSSR count). The third kappa shape index (κ3) is 2.32. The van der Waals surface area contributed by atoms with Crippen molar-refractivity contribution in [3.63, 3.8) is 0 Å². The molecule has 1 aromatic heterocycles. The van der Waals surface area contributed by atoms with E-state index in [2.05, 4.69) is 4.37 Å². The van der Waals surface area contributed by atoms with Crippen molar-refractivity contribution in [3.8, 4) is 0 Å². The van der Waals surface area contributed by atoms with Crippen molar-refractivity contribution in [1.82, 2.24) is 4.37 Å². The van der Waals surface area contributed by atoms with Gasteiger partial charge in [-0.1, -0.05) is 6.92 Å². The number of aromatic nitrogens is 1. The van der Waals surface area contributed by atoms with Gasteiger partial charge in [-0.05, 0) is 24.9 Å². The van der Waals surface area contributed by atoms with E-state index < -0.39 is 15.4 Å². The molecule has 1 fully saturated rings. The molecule has 6 nitrogen and oxygen atoms in total. The molecule has 0 bridgehead atoms. The molecule has 1 unspecified atom stereocenters. The van der Waals surface area contributed by atoms with Crippen molar-refractivity contribution >= 4 is 32.2 Å². The maximum atomic E-state index is 12.0. The van der Waals surface area contributed by atoms with Crippen LogP contribution in [-0.4, -0.2) is 42.3 Å². The van der Waals surface area contributed by atoms with Gasteiger partial charge in [0.25, 0.3) is 0 Å². The van der Waals surface area contributed by atoms with Crippen molar-refractivity contribution in [3.05, 3.63) is 0 Å². The predicted octanol–water partition coefficient (Wildman–Crippen LogP) is 0.480. The molecule has 0 radical (unpaired) electrons. The molecule has 0 amide bonds. The number of β-amino-alcohol motifs (C(OH)–C–C–N with tert-alkyl or cyclic N) is 1. The van der Waals surface area contributed by atoms with E-state index in [9.17, 15) is 13.5 Å². The first-order valence-corrected chi connectivity index (χ1v) is 8.14. The fraction of sp³-hybridized carbons (Fsp3) is 0.700. The highest BCUT2D eigenvalue weighted by atomic mass is 32.2. The molecule has 3 N–H and O–H groups in total. The van der Waals surface area contributed by atoms with Crippen LogP contribution in [0.3, 0.4) is 0 Å². The van der Waals surface area contributed by atoms with E-state index in [0.29, 0.717) is 24.5 Å². The van der Waals surface area contributed by atoms with Crippen LogP contribution in [-0.2, 0) is 9.84 Å². The van der Waals surface area contributed by atoms with Crippen molar-refractivity contribution in [2.75, 3.05) is 29.5 Å². The third-order valence-corrected chi connectivity index (χ3v) is 5.92. The summed E-state index contributed by atoms with van der Waals surface area (Å²) in [7, 11) is -3.39. The Balaban J connectivity index is 2.42. The number of hydrogen-bond acceptors (Lipinski definition) is 7. The third-order valence-electron chi connectivity index (χ3n) is 3.09. The zero-order chi connectivity index (χ0) is 13.6. The van der Waals surface area contributed by atoms with Crippen LogP contribution < -0.4 is 10.6 Å². The average molecular weight is 291 g/mol. The molecule has 1 aliphatic heterocycles. The lowest BCUT2D eigenvalue weighted by Crippen LogP contribution is -2.29. The molecule has 0 aromatic carbocycles. The van der Waals surface area contributed by atoms with Crippen LogP contribution in [0.1, 0.15) is 20.3 Å². The molecule has 0 spiro atoms. The largest absolute Gasteiger partial charge is 0.388 e. The quantitative estimate of drug-likeness (QED) is 0.841. The Morgan fingerprint density at radius 3 is 2.78 bits per heavy atom. The van der Waals surface area contributed by atoms with Crippen LogP contribution in [0, 0.1) is 0 Å². The maximum absolute atomic E-state index is 12.0. The number of nitrogens with two attached hydrogens (primary N) is 1. The van der Waals surface area contributed by atoms with E-state index in [1.54, 1.807) is 13.8 Å². The normalized spacial score (nSPS) is 24.7. The van der Waals surface area contributed by atoms with E-state index in [-0.39, 0.29) is 16.5 Å². The van der Waals surface area contributed by atoms with Crippen LogP contribution in [0.5, 0.6) is 0 Å². The van der Waals surface area contributed by atoms with Gasteiger partial charge in [0.15, 0.2) is 15.7 Å². The van der Waals surface area contributed by atoms with E-state index in [0.717, 1.165) is 11.5 Å². The van der Waals surface area contributed by atoms with Crippen LogP contribution in [0.15, 0.2) is 4.90 Å². The highest BCUT2D eigenvalue weighted by molar-refractivity contribution is 7.91. The smallest absolute Gasteiger partial charge is 0.184 e. The fourth-order valence-electron chi connectivity index (χ4n) is 2.04. The van der Waals surface area contributed by atoms with E-state index >= 15 is 0 Å². The Kier molecular flexibility index (Phi) is 3.28. The zero-order valence-electron chi connectivity index (χ0n) is 10.4. The number of sulfone groups is 1. The van der Waals surface area contributed by atoms with Crippen molar-refractivity contribution in [2.45, 2.75) is 30.8 Å². The summed E-state index contributed by atoms with van der Waals surface area (Å²) >= 11 is 1.08. The Morgan fingerprint density at radius 1 is 1.61 bits per heavy atom. The molecule has 0 aliphatic carbocycles. The number of rotatable bonds is 3. The Bertz CT molecular complexity index is 551. The van der Waals surface area contributed by atoms with E-state index in [1.165, 1.54) is 0 Å². The predicted molar refractivity (Wildman–Crippen MR) is 71.7 cm³/mol. The topological polar surface area (TPSA) is 96.5 Å². The summed E-state index contributed by atoms with van der Waals surface area (Å²) in [6.07, 6.45) is 0.608. The fourth-order valence-corrected chi connectivity index (χ4v) is 4.37.